The average Bonchev–Trinajstić information content (AvgIpc) is 2.40. The van der Waals surface area contributed by atoms with Crippen molar-refractivity contribution >= 4 is 17.4 Å². The Labute approximate surface area is 110 Å². The molecule has 4 heteroatoms. The van der Waals surface area contributed by atoms with Gasteiger partial charge < -0.3 is 10.5 Å². The number of methoxy groups -OCH3 is 1. The summed E-state index contributed by atoms with van der Waals surface area (Å²) in [5.74, 6) is 0.832. The van der Waals surface area contributed by atoms with Crippen LogP contribution in [0.5, 0.6) is 5.75 Å². The first kappa shape index (κ1) is 12.3. The van der Waals surface area contributed by atoms with Crippen LogP contribution in [0.1, 0.15) is 5.56 Å². The van der Waals surface area contributed by atoms with Crippen LogP contribution in [0.4, 0.5) is 5.69 Å². The molecule has 0 atom stereocenters. The van der Waals surface area contributed by atoms with Gasteiger partial charge in [-0.05, 0) is 42.5 Å². The average molecular weight is 256 g/mol. The van der Waals surface area contributed by atoms with Crippen molar-refractivity contribution < 1.29 is 4.74 Å². The van der Waals surface area contributed by atoms with E-state index in [1.165, 1.54) is 0 Å². The second-order valence-corrected chi connectivity index (χ2v) is 4.79. The Kier molecular flexibility index (Phi) is 3.75. The van der Waals surface area contributed by atoms with Gasteiger partial charge in [-0.3, -0.25) is 0 Å². The molecule has 2 aromatic carbocycles. The highest BCUT2D eigenvalue weighted by atomic mass is 32.2. The van der Waals surface area contributed by atoms with Crippen LogP contribution in [0.15, 0.2) is 52.3 Å². The number of hydrogen-bond donors (Lipinski definition) is 1. The summed E-state index contributed by atoms with van der Waals surface area (Å²) in [6, 6.07) is 15.3. The quantitative estimate of drug-likeness (QED) is 0.856. The van der Waals surface area contributed by atoms with Crippen molar-refractivity contribution in [3.63, 3.8) is 0 Å². The maximum absolute atomic E-state index is 8.81. The van der Waals surface area contributed by atoms with Crippen molar-refractivity contribution in [3.05, 3.63) is 48.0 Å². The SMILES string of the molecule is COc1ccc(Sc2ccc(C#N)c(N)c2)cc1. The van der Waals surface area contributed by atoms with Gasteiger partial charge in [0.2, 0.25) is 0 Å². The molecule has 0 aliphatic carbocycles. The van der Waals surface area contributed by atoms with Crippen LogP contribution in [0, 0.1) is 11.3 Å². The normalized spacial score (nSPS) is 9.78. The van der Waals surface area contributed by atoms with Crippen LogP contribution in [0.2, 0.25) is 0 Å². The highest BCUT2D eigenvalue weighted by Crippen LogP contribution is 2.30. The molecule has 0 fully saturated rings. The molecule has 0 saturated carbocycles. The molecule has 0 bridgehead atoms. The lowest BCUT2D eigenvalue weighted by atomic mass is 10.2. The van der Waals surface area contributed by atoms with E-state index in [-0.39, 0.29) is 0 Å². The van der Waals surface area contributed by atoms with Crippen molar-refractivity contribution in [2.45, 2.75) is 9.79 Å². The molecule has 90 valence electrons. The Morgan fingerprint density at radius 3 is 2.33 bits per heavy atom. The number of ether oxygens (including phenoxy) is 1. The third-order valence-electron chi connectivity index (χ3n) is 2.44. The van der Waals surface area contributed by atoms with Gasteiger partial charge in [-0.2, -0.15) is 5.26 Å². The van der Waals surface area contributed by atoms with Gasteiger partial charge in [-0.25, -0.2) is 0 Å². The fourth-order valence-electron chi connectivity index (χ4n) is 1.49. The predicted molar refractivity (Wildman–Crippen MR) is 72.7 cm³/mol. The maximum atomic E-state index is 8.81. The molecule has 18 heavy (non-hydrogen) atoms. The smallest absolute Gasteiger partial charge is 0.118 e. The van der Waals surface area contributed by atoms with Crippen molar-refractivity contribution in [3.8, 4) is 11.8 Å². The number of nitrogens with zero attached hydrogens (tertiary/aromatic N) is 1. The first-order valence-corrected chi connectivity index (χ1v) is 6.16. The molecule has 3 nitrogen and oxygen atoms in total. The van der Waals surface area contributed by atoms with E-state index >= 15 is 0 Å². The molecular weight excluding hydrogens is 244 g/mol. The summed E-state index contributed by atoms with van der Waals surface area (Å²) in [6.07, 6.45) is 0. The highest BCUT2D eigenvalue weighted by Gasteiger charge is 2.02. The lowest BCUT2D eigenvalue weighted by molar-refractivity contribution is 0.414. The minimum Gasteiger partial charge on any atom is -0.497 e. The summed E-state index contributed by atoms with van der Waals surface area (Å²) >= 11 is 1.60. The van der Waals surface area contributed by atoms with Gasteiger partial charge in [0.25, 0.3) is 0 Å². The summed E-state index contributed by atoms with van der Waals surface area (Å²) in [4.78, 5) is 2.11. The molecule has 0 unspecified atom stereocenters. The Bertz CT molecular complexity index is 588. The molecule has 0 radical (unpaired) electrons. The molecule has 2 rings (SSSR count). The Balaban J connectivity index is 2.18. The minimum atomic E-state index is 0.508. The van der Waals surface area contributed by atoms with E-state index in [0.29, 0.717) is 11.3 Å². The molecule has 0 amide bonds. The van der Waals surface area contributed by atoms with Crippen molar-refractivity contribution in [2.24, 2.45) is 0 Å². The van der Waals surface area contributed by atoms with E-state index < -0.39 is 0 Å². The van der Waals surface area contributed by atoms with E-state index in [1.807, 2.05) is 36.4 Å². The molecule has 0 spiro atoms. The number of benzene rings is 2. The van der Waals surface area contributed by atoms with Crippen LogP contribution < -0.4 is 10.5 Å². The predicted octanol–water partition coefficient (Wildman–Crippen LogP) is 3.30. The fourth-order valence-corrected chi connectivity index (χ4v) is 2.35. The summed E-state index contributed by atoms with van der Waals surface area (Å²) in [5, 5.41) is 8.81. The zero-order valence-corrected chi connectivity index (χ0v) is 10.7. The molecule has 2 aromatic rings. The van der Waals surface area contributed by atoms with Gasteiger partial charge in [-0.1, -0.05) is 11.8 Å². The molecule has 0 heterocycles. The van der Waals surface area contributed by atoms with Crippen molar-refractivity contribution in [2.75, 3.05) is 12.8 Å². The first-order valence-electron chi connectivity index (χ1n) is 5.34. The molecular formula is C14H12N2OS. The molecule has 0 aromatic heterocycles. The zero-order valence-electron chi connectivity index (χ0n) is 9.88. The van der Waals surface area contributed by atoms with Crippen molar-refractivity contribution in [1.29, 1.82) is 5.26 Å². The van der Waals surface area contributed by atoms with E-state index in [2.05, 4.69) is 6.07 Å². The second-order valence-electron chi connectivity index (χ2n) is 3.64. The summed E-state index contributed by atoms with van der Waals surface area (Å²) in [7, 11) is 1.64. The molecule has 2 N–H and O–H groups in total. The van der Waals surface area contributed by atoms with Crippen molar-refractivity contribution in [1.82, 2.24) is 0 Å². The summed E-state index contributed by atoms with van der Waals surface area (Å²) in [5.41, 5.74) is 6.79. The van der Waals surface area contributed by atoms with E-state index in [4.69, 9.17) is 15.7 Å². The fraction of sp³-hybridized carbons (Fsp3) is 0.0714. The highest BCUT2D eigenvalue weighted by molar-refractivity contribution is 7.99. The van der Waals surface area contributed by atoms with Crippen LogP contribution in [-0.2, 0) is 0 Å². The van der Waals surface area contributed by atoms with Crippen LogP contribution in [0.3, 0.4) is 0 Å². The zero-order chi connectivity index (χ0) is 13.0. The molecule has 0 aliphatic heterocycles. The van der Waals surface area contributed by atoms with Gasteiger partial charge >= 0.3 is 0 Å². The van der Waals surface area contributed by atoms with E-state index in [1.54, 1.807) is 24.9 Å². The van der Waals surface area contributed by atoms with Crippen LogP contribution in [-0.4, -0.2) is 7.11 Å². The minimum absolute atomic E-state index is 0.508. The number of nitriles is 1. The molecule has 0 aliphatic rings. The summed E-state index contributed by atoms with van der Waals surface area (Å²) < 4.78 is 5.10. The first-order chi connectivity index (χ1) is 8.72. The number of hydrogen-bond acceptors (Lipinski definition) is 4. The second kappa shape index (κ2) is 5.48. The Hall–Kier alpha value is -2.12. The number of rotatable bonds is 3. The van der Waals surface area contributed by atoms with Crippen LogP contribution >= 0.6 is 11.8 Å². The number of nitrogen functional groups attached to an aromatic ring is 1. The third-order valence-corrected chi connectivity index (χ3v) is 3.44. The van der Waals surface area contributed by atoms with Gasteiger partial charge in [0.15, 0.2) is 0 Å². The van der Waals surface area contributed by atoms with Gasteiger partial charge in [0.1, 0.15) is 11.8 Å². The Morgan fingerprint density at radius 2 is 1.78 bits per heavy atom. The Morgan fingerprint density at radius 1 is 1.11 bits per heavy atom. The standard InChI is InChI=1S/C14H12N2OS/c1-17-11-3-6-12(7-4-11)18-13-5-2-10(9-15)14(16)8-13/h2-8H,16H2,1H3. The van der Waals surface area contributed by atoms with Gasteiger partial charge in [0, 0.05) is 9.79 Å². The van der Waals surface area contributed by atoms with Gasteiger partial charge in [0.05, 0.1) is 18.4 Å². The summed E-state index contributed by atoms with van der Waals surface area (Å²) in [6.45, 7) is 0. The lowest BCUT2D eigenvalue weighted by Gasteiger charge is -2.05. The van der Waals surface area contributed by atoms with E-state index in [9.17, 15) is 0 Å². The molecule has 0 saturated heterocycles. The third kappa shape index (κ3) is 2.76. The number of anilines is 1. The number of nitrogens with two attached hydrogens (primary N) is 1. The topological polar surface area (TPSA) is 59.0 Å². The van der Waals surface area contributed by atoms with Crippen LogP contribution in [0.25, 0.3) is 0 Å². The van der Waals surface area contributed by atoms with E-state index in [0.717, 1.165) is 15.5 Å². The van der Waals surface area contributed by atoms with Gasteiger partial charge in [-0.15, -0.1) is 0 Å². The monoisotopic (exact) mass is 256 g/mol. The maximum Gasteiger partial charge on any atom is 0.118 e. The lowest BCUT2D eigenvalue weighted by Crippen LogP contribution is -1.90. The largest absolute Gasteiger partial charge is 0.497 e.